The van der Waals surface area contributed by atoms with Gasteiger partial charge in [-0.05, 0) is 19.1 Å². The molecule has 0 atom stereocenters. The van der Waals surface area contributed by atoms with Crippen molar-refractivity contribution in [3.8, 4) is 6.07 Å². The smallest absolute Gasteiger partial charge is 0.101 e. The van der Waals surface area contributed by atoms with Gasteiger partial charge in [-0.2, -0.15) is 5.26 Å². The van der Waals surface area contributed by atoms with Crippen LogP contribution in [-0.4, -0.2) is 26.8 Å². The van der Waals surface area contributed by atoms with Gasteiger partial charge in [-0.1, -0.05) is 12.1 Å². The summed E-state index contributed by atoms with van der Waals surface area (Å²) in [6, 6.07) is 9.77. The Labute approximate surface area is 90.9 Å². The highest BCUT2D eigenvalue weighted by Gasteiger charge is 2.05. The first kappa shape index (κ1) is 11.5. The number of rotatable bonds is 5. The summed E-state index contributed by atoms with van der Waals surface area (Å²) in [6.45, 7) is 4.19. The lowest BCUT2D eigenvalue weighted by Crippen LogP contribution is -2.23. The molecule has 0 saturated carbocycles. The van der Waals surface area contributed by atoms with Crippen molar-refractivity contribution in [1.82, 2.24) is 0 Å². The van der Waals surface area contributed by atoms with Crippen LogP contribution >= 0.6 is 0 Å². The summed E-state index contributed by atoms with van der Waals surface area (Å²) in [5.74, 6) is 0. The summed E-state index contributed by atoms with van der Waals surface area (Å²) in [5.41, 5.74) is 1.66. The minimum absolute atomic E-state index is 0.687. The molecule has 0 N–H and O–H groups in total. The van der Waals surface area contributed by atoms with E-state index in [0.717, 1.165) is 18.8 Å². The topological polar surface area (TPSA) is 36.3 Å². The molecule has 0 fully saturated rings. The van der Waals surface area contributed by atoms with Crippen LogP contribution in [0, 0.1) is 11.3 Å². The fourth-order valence-electron chi connectivity index (χ4n) is 1.37. The first-order chi connectivity index (χ1) is 7.29. The van der Waals surface area contributed by atoms with Crippen LogP contribution in [0.25, 0.3) is 0 Å². The molecule has 80 valence electrons. The first-order valence-corrected chi connectivity index (χ1v) is 5.07. The zero-order valence-electron chi connectivity index (χ0n) is 9.23. The van der Waals surface area contributed by atoms with Gasteiger partial charge in [0.15, 0.2) is 0 Å². The fourth-order valence-corrected chi connectivity index (χ4v) is 1.37. The average Bonchev–Trinajstić information content (AvgIpc) is 2.29. The number of ether oxygens (including phenoxy) is 1. The van der Waals surface area contributed by atoms with Crippen molar-refractivity contribution in [3.63, 3.8) is 0 Å². The Kier molecular flexibility index (Phi) is 4.65. The van der Waals surface area contributed by atoms with Crippen molar-refractivity contribution < 1.29 is 4.74 Å². The lowest BCUT2D eigenvalue weighted by Gasteiger charge is -2.19. The second-order valence-corrected chi connectivity index (χ2v) is 3.25. The van der Waals surface area contributed by atoms with E-state index in [2.05, 4.69) is 6.07 Å². The van der Waals surface area contributed by atoms with E-state index in [4.69, 9.17) is 10.00 Å². The number of likely N-dealkylation sites (N-methyl/N-ethyl adjacent to an activating group) is 1. The van der Waals surface area contributed by atoms with E-state index in [1.807, 2.05) is 43.1 Å². The molecule has 0 aliphatic heterocycles. The SMILES string of the molecule is CCOCCN(C)c1ccccc1C#N. The van der Waals surface area contributed by atoms with Crippen molar-refractivity contribution in [2.75, 3.05) is 31.7 Å². The molecular formula is C12H16N2O. The molecule has 1 aromatic rings. The molecule has 0 bridgehead atoms. The lowest BCUT2D eigenvalue weighted by atomic mass is 10.2. The van der Waals surface area contributed by atoms with Gasteiger partial charge in [-0.15, -0.1) is 0 Å². The zero-order valence-corrected chi connectivity index (χ0v) is 9.23. The predicted molar refractivity (Wildman–Crippen MR) is 60.9 cm³/mol. The molecule has 3 heteroatoms. The van der Waals surface area contributed by atoms with Crippen LogP contribution in [0.3, 0.4) is 0 Å². The molecule has 1 rings (SSSR count). The second kappa shape index (κ2) is 6.05. The third-order valence-corrected chi connectivity index (χ3v) is 2.21. The van der Waals surface area contributed by atoms with Gasteiger partial charge in [-0.25, -0.2) is 0 Å². The molecule has 0 unspecified atom stereocenters. The Morgan fingerprint density at radius 2 is 2.13 bits per heavy atom. The number of hydrogen-bond donors (Lipinski definition) is 0. The third-order valence-electron chi connectivity index (χ3n) is 2.21. The molecule has 0 radical (unpaired) electrons. The van der Waals surface area contributed by atoms with Crippen LogP contribution < -0.4 is 4.90 Å². The standard InChI is InChI=1S/C12H16N2O/c1-3-15-9-8-14(2)12-7-5-4-6-11(12)10-13/h4-7H,3,8-9H2,1-2H3. The lowest BCUT2D eigenvalue weighted by molar-refractivity contribution is 0.154. The van der Waals surface area contributed by atoms with Gasteiger partial charge in [0.25, 0.3) is 0 Å². The Hall–Kier alpha value is -1.53. The zero-order chi connectivity index (χ0) is 11.1. The van der Waals surface area contributed by atoms with Crippen LogP contribution in [0.1, 0.15) is 12.5 Å². The average molecular weight is 204 g/mol. The van der Waals surface area contributed by atoms with Crippen LogP contribution in [0.2, 0.25) is 0 Å². The summed E-state index contributed by atoms with van der Waals surface area (Å²) in [7, 11) is 1.97. The number of hydrogen-bond acceptors (Lipinski definition) is 3. The maximum atomic E-state index is 8.93. The quantitative estimate of drug-likeness (QED) is 0.688. The van der Waals surface area contributed by atoms with Crippen LogP contribution in [0.5, 0.6) is 0 Å². The summed E-state index contributed by atoms with van der Waals surface area (Å²) < 4.78 is 5.27. The molecule has 3 nitrogen and oxygen atoms in total. The van der Waals surface area contributed by atoms with Gasteiger partial charge >= 0.3 is 0 Å². The highest BCUT2D eigenvalue weighted by atomic mass is 16.5. The van der Waals surface area contributed by atoms with Gasteiger partial charge in [-0.3, -0.25) is 0 Å². The van der Waals surface area contributed by atoms with Crippen molar-refractivity contribution >= 4 is 5.69 Å². The van der Waals surface area contributed by atoms with Gasteiger partial charge in [0.2, 0.25) is 0 Å². The molecule has 0 heterocycles. The van der Waals surface area contributed by atoms with Crippen molar-refractivity contribution in [3.05, 3.63) is 29.8 Å². The molecule has 0 aliphatic carbocycles. The minimum Gasteiger partial charge on any atom is -0.380 e. The molecule has 0 amide bonds. The monoisotopic (exact) mass is 204 g/mol. The minimum atomic E-state index is 0.687. The van der Waals surface area contributed by atoms with E-state index in [1.54, 1.807) is 0 Å². The maximum Gasteiger partial charge on any atom is 0.101 e. The van der Waals surface area contributed by atoms with Crippen molar-refractivity contribution in [1.29, 1.82) is 5.26 Å². The van der Waals surface area contributed by atoms with Gasteiger partial charge in [0, 0.05) is 20.2 Å². The number of nitrogens with zero attached hydrogens (tertiary/aromatic N) is 2. The number of nitriles is 1. The largest absolute Gasteiger partial charge is 0.380 e. The summed E-state index contributed by atoms with van der Waals surface area (Å²) >= 11 is 0. The molecule has 0 spiro atoms. The molecule has 1 aromatic carbocycles. The highest BCUT2D eigenvalue weighted by molar-refractivity contribution is 5.58. The summed E-state index contributed by atoms with van der Waals surface area (Å²) in [4.78, 5) is 2.04. The van der Waals surface area contributed by atoms with Gasteiger partial charge in [0.1, 0.15) is 6.07 Å². The Bertz CT molecular complexity index is 344. The van der Waals surface area contributed by atoms with Gasteiger partial charge in [0.05, 0.1) is 17.9 Å². The molecule has 0 aromatic heterocycles. The highest BCUT2D eigenvalue weighted by Crippen LogP contribution is 2.17. The number of benzene rings is 1. The Morgan fingerprint density at radius 3 is 2.80 bits per heavy atom. The maximum absolute atomic E-state index is 8.93. The van der Waals surface area contributed by atoms with E-state index in [1.165, 1.54) is 0 Å². The van der Waals surface area contributed by atoms with E-state index in [-0.39, 0.29) is 0 Å². The normalized spacial score (nSPS) is 9.67. The summed E-state index contributed by atoms with van der Waals surface area (Å²) in [5, 5.41) is 8.93. The molecule has 0 saturated heterocycles. The van der Waals surface area contributed by atoms with E-state index in [9.17, 15) is 0 Å². The van der Waals surface area contributed by atoms with Gasteiger partial charge < -0.3 is 9.64 Å². The molecule has 15 heavy (non-hydrogen) atoms. The van der Waals surface area contributed by atoms with E-state index >= 15 is 0 Å². The molecular weight excluding hydrogens is 188 g/mol. The van der Waals surface area contributed by atoms with Crippen LogP contribution in [0.4, 0.5) is 5.69 Å². The van der Waals surface area contributed by atoms with E-state index in [0.29, 0.717) is 12.2 Å². The van der Waals surface area contributed by atoms with Crippen molar-refractivity contribution in [2.45, 2.75) is 6.92 Å². The number of para-hydroxylation sites is 1. The Morgan fingerprint density at radius 1 is 1.40 bits per heavy atom. The third kappa shape index (κ3) is 3.26. The first-order valence-electron chi connectivity index (χ1n) is 5.07. The second-order valence-electron chi connectivity index (χ2n) is 3.25. The molecule has 0 aliphatic rings. The summed E-state index contributed by atoms with van der Waals surface area (Å²) in [6.07, 6.45) is 0. The fraction of sp³-hybridized carbons (Fsp3) is 0.417. The van der Waals surface area contributed by atoms with Crippen LogP contribution in [-0.2, 0) is 4.74 Å². The number of anilines is 1. The van der Waals surface area contributed by atoms with E-state index < -0.39 is 0 Å². The van der Waals surface area contributed by atoms with Crippen LogP contribution in [0.15, 0.2) is 24.3 Å². The van der Waals surface area contributed by atoms with Crippen molar-refractivity contribution in [2.24, 2.45) is 0 Å². The Balaban J connectivity index is 2.65. The predicted octanol–water partition coefficient (Wildman–Crippen LogP) is 2.03.